The number of nitrogens with one attached hydrogen (secondary N) is 1. The van der Waals surface area contributed by atoms with Crippen LogP contribution < -0.4 is 5.32 Å². The normalized spacial score (nSPS) is 45.3. The van der Waals surface area contributed by atoms with Gasteiger partial charge in [-0.2, -0.15) is 0 Å². The SMILES string of the molecule is CC(C)C1N[C@@H]2CC[C@H]1C2. The summed E-state index contributed by atoms with van der Waals surface area (Å²) in [5.41, 5.74) is 0. The second-order valence-corrected chi connectivity index (χ2v) is 4.21. The molecule has 0 aromatic heterocycles. The Kier molecular flexibility index (Phi) is 1.48. The first-order valence-electron chi connectivity index (χ1n) is 4.53. The summed E-state index contributed by atoms with van der Waals surface area (Å²) in [6.45, 7) is 4.66. The molecular weight excluding hydrogens is 122 g/mol. The Labute approximate surface area is 63.2 Å². The van der Waals surface area contributed by atoms with Crippen LogP contribution in [0, 0.1) is 11.8 Å². The molecule has 1 saturated carbocycles. The molecule has 0 amide bonds. The fraction of sp³-hybridized carbons (Fsp3) is 1.00. The molecule has 10 heavy (non-hydrogen) atoms. The van der Waals surface area contributed by atoms with Gasteiger partial charge < -0.3 is 5.32 Å². The van der Waals surface area contributed by atoms with E-state index >= 15 is 0 Å². The van der Waals surface area contributed by atoms with Crippen molar-refractivity contribution in [3.63, 3.8) is 0 Å². The Morgan fingerprint density at radius 3 is 2.40 bits per heavy atom. The lowest BCUT2D eigenvalue weighted by molar-refractivity contribution is 0.307. The van der Waals surface area contributed by atoms with Gasteiger partial charge in [-0.3, -0.25) is 0 Å². The van der Waals surface area contributed by atoms with Gasteiger partial charge in [0.25, 0.3) is 0 Å². The number of piperidine rings is 1. The highest BCUT2D eigenvalue weighted by molar-refractivity contribution is 4.97. The summed E-state index contributed by atoms with van der Waals surface area (Å²) in [4.78, 5) is 0. The summed E-state index contributed by atoms with van der Waals surface area (Å²) in [5, 5.41) is 3.69. The Bertz CT molecular complexity index is 131. The van der Waals surface area contributed by atoms with E-state index < -0.39 is 0 Å². The van der Waals surface area contributed by atoms with Crippen molar-refractivity contribution in [3.05, 3.63) is 0 Å². The maximum Gasteiger partial charge on any atom is 0.0121 e. The Morgan fingerprint density at radius 2 is 2.10 bits per heavy atom. The van der Waals surface area contributed by atoms with Crippen LogP contribution in [0.2, 0.25) is 0 Å². The molecule has 0 radical (unpaired) electrons. The quantitative estimate of drug-likeness (QED) is 0.584. The topological polar surface area (TPSA) is 12.0 Å². The first-order chi connectivity index (χ1) is 4.77. The monoisotopic (exact) mass is 139 g/mol. The zero-order chi connectivity index (χ0) is 7.14. The average Bonchev–Trinajstić information content (AvgIpc) is 2.44. The second kappa shape index (κ2) is 2.23. The summed E-state index contributed by atoms with van der Waals surface area (Å²) >= 11 is 0. The lowest BCUT2D eigenvalue weighted by Gasteiger charge is -2.26. The highest BCUT2D eigenvalue weighted by Gasteiger charge is 2.39. The third kappa shape index (κ3) is 0.878. The average molecular weight is 139 g/mol. The van der Waals surface area contributed by atoms with Gasteiger partial charge >= 0.3 is 0 Å². The largest absolute Gasteiger partial charge is 0.311 e. The maximum absolute atomic E-state index is 3.69. The molecule has 1 heteroatoms. The molecular formula is C9H17N. The molecule has 58 valence electrons. The molecule has 1 nitrogen and oxygen atoms in total. The zero-order valence-corrected chi connectivity index (χ0v) is 6.93. The smallest absolute Gasteiger partial charge is 0.0121 e. The van der Waals surface area contributed by atoms with Crippen molar-refractivity contribution in [1.29, 1.82) is 0 Å². The van der Waals surface area contributed by atoms with Crippen molar-refractivity contribution < 1.29 is 0 Å². The number of hydrogen-bond acceptors (Lipinski definition) is 1. The minimum Gasteiger partial charge on any atom is -0.311 e. The predicted octanol–water partition coefficient (Wildman–Crippen LogP) is 1.78. The van der Waals surface area contributed by atoms with E-state index in [1.807, 2.05) is 0 Å². The molecule has 2 aliphatic rings. The first kappa shape index (κ1) is 6.66. The summed E-state index contributed by atoms with van der Waals surface area (Å²) in [5.74, 6) is 1.86. The van der Waals surface area contributed by atoms with E-state index in [0.29, 0.717) is 0 Å². The van der Waals surface area contributed by atoms with Crippen LogP contribution in [0.15, 0.2) is 0 Å². The van der Waals surface area contributed by atoms with Gasteiger partial charge in [0.2, 0.25) is 0 Å². The molecule has 0 spiro atoms. The molecule has 1 saturated heterocycles. The third-order valence-corrected chi connectivity index (χ3v) is 3.13. The summed E-state index contributed by atoms with van der Waals surface area (Å²) in [6.07, 6.45) is 4.39. The number of rotatable bonds is 1. The molecule has 0 aromatic rings. The molecule has 2 bridgehead atoms. The highest BCUT2D eigenvalue weighted by Crippen LogP contribution is 2.37. The van der Waals surface area contributed by atoms with Gasteiger partial charge in [-0.05, 0) is 31.1 Å². The van der Waals surface area contributed by atoms with Gasteiger partial charge in [0.1, 0.15) is 0 Å². The van der Waals surface area contributed by atoms with Crippen molar-refractivity contribution in [1.82, 2.24) is 5.32 Å². The van der Waals surface area contributed by atoms with E-state index in [-0.39, 0.29) is 0 Å². The molecule has 1 unspecified atom stereocenters. The van der Waals surface area contributed by atoms with Crippen molar-refractivity contribution in [2.75, 3.05) is 0 Å². The van der Waals surface area contributed by atoms with Crippen molar-refractivity contribution in [2.45, 2.75) is 45.2 Å². The molecule has 1 N–H and O–H groups in total. The lowest BCUT2D eigenvalue weighted by Crippen LogP contribution is -2.39. The standard InChI is InChI=1S/C9H17N/c1-6(2)9-7-3-4-8(5-7)10-9/h6-10H,3-5H2,1-2H3/t7-,8+,9?/m0/s1. The summed E-state index contributed by atoms with van der Waals surface area (Å²) in [7, 11) is 0. The number of hydrogen-bond donors (Lipinski definition) is 1. The van der Waals surface area contributed by atoms with Crippen molar-refractivity contribution in [3.8, 4) is 0 Å². The Morgan fingerprint density at radius 1 is 1.30 bits per heavy atom. The molecule has 3 atom stereocenters. The van der Waals surface area contributed by atoms with E-state index in [4.69, 9.17) is 0 Å². The van der Waals surface area contributed by atoms with Crippen molar-refractivity contribution >= 4 is 0 Å². The van der Waals surface area contributed by atoms with Crippen LogP contribution in [0.4, 0.5) is 0 Å². The molecule has 1 heterocycles. The van der Waals surface area contributed by atoms with E-state index in [0.717, 1.165) is 23.9 Å². The predicted molar refractivity (Wildman–Crippen MR) is 42.9 cm³/mol. The minimum atomic E-state index is 0.843. The highest BCUT2D eigenvalue weighted by atomic mass is 15.0. The van der Waals surface area contributed by atoms with Gasteiger partial charge in [0, 0.05) is 12.1 Å². The molecule has 1 aliphatic carbocycles. The van der Waals surface area contributed by atoms with E-state index in [1.165, 1.54) is 19.3 Å². The lowest BCUT2D eigenvalue weighted by atomic mass is 9.91. The van der Waals surface area contributed by atoms with Gasteiger partial charge in [-0.15, -0.1) is 0 Å². The van der Waals surface area contributed by atoms with Gasteiger partial charge in [0.05, 0.1) is 0 Å². The van der Waals surface area contributed by atoms with Crippen LogP contribution in [-0.2, 0) is 0 Å². The van der Waals surface area contributed by atoms with E-state index in [9.17, 15) is 0 Å². The molecule has 2 rings (SSSR count). The minimum absolute atomic E-state index is 0.843. The van der Waals surface area contributed by atoms with Crippen LogP contribution >= 0.6 is 0 Å². The fourth-order valence-electron chi connectivity index (χ4n) is 2.64. The first-order valence-corrected chi connectivity index (χ1v) is 4.53. The molecule has 1 aliphatic heterocycles. The summed E-state index contributed by atoms with van der Waals surface area (Å²) in [6, 6.07) is 1.73. The zero-order valence-electron chi connectivity index (χ0n) is 6.93. The van der Waals surface area contributed by atoms with Gasteiger partial charge in [-0.1, -0.05) is 13.8 Å². The third-order valence-electron chi connectivity index (χ3n) is 3.13. The van der Waals surface area contributed by atoms with Crippen LogP contribution in [0.3, 0.4) is 0 Å². The molecule has 2 fully saturated rings. The van der Waals surface area contributed by atoms with Gasteiger partial charge in [0.15, 0.2) is 0 Å². The van der Waals surface area contributed by atoms with Crippen LogP contribution in [0.5, 0.6) is 0 Å². The Balaban J connectivity index is 2.02. The maximum atomic E-state index is 3.69. The number of fused-ring (bicyclic) bond motifs is 2. The van der Waals surface area contributed by atoms with E-state index in [1.54, 1.807) is 0 Å². The molecule has 0 aromatic carbocycles. The fourth-order valence-corrected chi connectivity index (χ4v) is 2.64. The van der Waals surface area contributed by atoms with Crippen LogP contribution in [0.1, 0.15) is 33.1 Å². The van der Waals surface area contributed by atoms with Crippen LogP contribution in [-0.4, -0.2) is 12.1 Å². The second-order valence-electron chi connectivity index (χ2n) is 4.21. The van der Waals surface area contributed by atoms with Crippen LogP contribution in [0.25, 0.3) is 0 Å². The van der Waals surface area contributed by atoms with Crippen molar-refractivity contribution in [2.24, 2.45) is 11.8 Å². The Hall–Kier alpha value is -0.0400. The van der Waals surface area contributed by atoms with E-state index in [2.05, 4.69) is 19.2 Å². The summed E-state index contributed by atoms with van der Waals surface area (Å²) < 4.78 is 0. The van der Waals surface area contributed by atoms with Gasteiger partial charge in [-0.25, -0.2) is 0 Å².